The number of carbonyl (C=O) groups is 1. The Morgan fingerprint density at radius 1 is 1.17 bits per heavy atom. The standard InChI is InChI=1S/C17H11N3O3/c18-9-1-3-11-14(5-9)23-15-6-10(22)2-4-12(15)16(11)17-13(7-21)19-8-20-17/h1-8H,18H2,(H,19,20). The van der Waals surface area contributed by atoms with Crippen molar-refractivity contribution in [2.45, 2.75) is 0 Å². The van der Waals surface area contributed by atoms with Gasteiger partial charge in [-0.1, -0.05) is 0 Å². The zero-order valence-corrected chi connectivity index (χ0v) is 11.9. The maximum Gasteiger partial charge on any atom is 0.182 e. The number of nitrogens with two attached hydrogens (primary N) is 1. The van der Waals surface area contributed by atoms with Crippen molar-refractivity contribution in [3.63, 3.8) is 0 Å². The molecule has 1 aromatic heterocycles. The van der Waals surface area contributed by atoms with Crippen molar-refractivity contribution in [1.82, 2.24) is 9.97 Å². The molecule has 2 heterocycles. The van der Waals surface area contributed by atoms with E-state index in [4.69, 9.17) is 10.2 Å². The van der Waals surface area contributed by atoms with Crippen LogP contribution in [0.25, 0.3) is 33.6 Å². The fourth-order valence-corrected chi connectivity index (χ4v) is 2.74. The second-order valence-corrected chi connectivity index (χ2v) is 5.17. The van der Waals surface area contributed by atoms with E-state index in [1.807, 2.05) is 6.07 Å². The van der Waals surface area contributed by atoms with Gasteiger partial charge in [-0.25, -0.2) is 4.98 Å². The molecule has 0 saturated carbocycles. The Labute approximate surface area is 129 Å². The minimum atomic E-state index is -0.159. The van der Waals surface area contributed by atoms with Gasteiger partial charge in [0, 0.05) is 34.3 Å². The predicted octanol–water partition coefficient (Wildman–Crippen LogP) is 2.68. The lowest BCUT2D eigenvalue weighted by atomic mass is 9.96. The maximum absolute atomic E-state index is 11.6. The molecule has 2 aliphatic rings. The minimum Gasteiger partial charge on any atom is -0.456 e. The molecular weight excluding hydrogens is 294 g/mol. The lowest BCUT2D eigenvalue weighted by Gasteiger charge is -2.13. The molecule has 0 amide bonds. The molecule has 1 aliphatic heterocycles. The molecule has 6 heteroatoms. The number of hydrogen-bond acceptors (Lipinski definition) is 5. The number of anilines is 1. The Kier molecular flexibility index (Phi) is 2.77. The van der Waals surface area contributed by atoms with Gasteiger partial charge in [-0.3, -0.25) is 9.59 Å². The van der Waals surface area contributed by atoms with Gasteiger partial charge in [0.2, 0.25) is 0 Å². The van der Waals surface area contributed by atoms with Crippen LogP contribution in [0, 0.1) is 0 Å². The number of rotatable bonds is 2. The molecule has 0 radical (unpaired) electrons. The van der Waals surface area contributed by atoms with Crippen molar-refractivity contribution in [3.05, 3.63) is 58.6 Å². The minimum absolute atomic E-state index is 0.159. The van der Waals surface area contributed by atoms with Crippen LogP contribution in [0.1, 0.15) is 10.5 Å². The van der Waals surface area contributed by atoms with Crippen molar-refractivity contribution >= 4 is 22.9 Å². The smallest absolute Gasteiger partial charge is 0.182 e. The van der Waals surface area contributed by atoms with Gasteiger partial charge >= 0.3 is 0 Å². The average molecular weight is 305 g/mol. The van der Waals surface area contributed by atoms with Crippen LogP contribution in [0.2, 0.25) is 0 Å². The van der Waals surface area contributed by atoms with E-state index in [1.54, 1.807) is 18.2 Å². The third kappa shape index (κ3) is 2.00. The highest BCUT2D eigenvalue weighted by atomic mass is 16.3. The summed E-state index contributed by atoms with van der Waals surface area (Å²) in [5, 5.41) is 0.764. The van der Waals surface area contributed by atoms with E-state index in [2.05, 4.69) is 9.97 Å². The molecular formula is C17H11N3O3. The van der Waals surface area contributed by atoms with Crippen LogP contribution in [0.3, 0.4) is 0 Å². The number of H-pyrrole nitrogens is 1. The number of nitrogen functional groups attached to an aromatic ring is 1. The summed E-state index contributed by atoms with van der Waals surface area (Å²) < 4.78 is 5.81. The number of nitrogens with zero attached hydrogens (tertiary/aromatic N) is 1. The number of aromatic amines is 1. The van der Waals surface area contributed by atoms with E-state index >= 15 is 0 Å². The summed E-state index contributed by atoms with van der Waals surface area (Å²) in [6.07, 6.45) is 2.17. The molecule has 1 aliphatic carbocycles. The summed E-state index contributed by atoms with van der Waals surface area (Å²) >= 11 is 0. The fraction of sp³-hybridized carbons (Fsp3) is 0. The number of benzene rings is 2. The summed E-state index contributed by atoms with van der Waals surface area (Å²) in [6.45, 7) is 0. The number of fused-ring (bicyclic) bond motifs is 2. The fourth-order valence-electron chi connectivity index (χ4n) is 2.74. The molecule has 0 spiro atoms. The number of carbonyl (C=O) groups excluding carboxylic acids is 1. The topological polar surface area (TPSA) is 102 Å². The van der Waals surface area contributed by atoms with E-state index in [9.17, 15) is 9.59 Å². The Balaban J connectivity index is 2.23. The first-order valence-electron chi connectivity index (χ1n) is 6.92. The van der Waals surface area contributed by atoms with E-state index in [-0.39, 0.29) is 5.43 Å². The van der Waals surface area contributed by atoms with Gasteiger partial charge < -0.3 is 15.1 Å². The molecule has 6 nitrogen and oxygen atoms in total. The van der Waals surface area contributed by atoms with Crippen molar-refractivity contribution < 1.29 is 9.21 Å². The Bertz CT molecular complexity index is 1080. The second-order valence-electron chi connectivity index (χ2n) is 5.17. The van der Waals surface area contributed by atoms with Crippen LogP contribution >= 0.6 is 0 Å². The molecule has 0 atom stereocenters. The van der Waals surface area contributed by atoms with Gasteiger partial charge in [-0.05, 0) is 24.3 Å². The van der Waals surface area contributed by atoms with Crippen molar-refractivity contribution in [2.75, 3.05) is 5.73 Å². The summed E-state index contributed by atoms with van der Waals surface area (Å²) in [5.41, 5.74) is 9.04. The quantitative estimate of drug-likeness (QED) is 0.337. The molecule has 2 aromatic rings. The second kappa shape index (κ2) is 4.81. The Morgan fingerprint density at radius 2 is 2.04 bits per heavy atom. The van der Waals surface area contributed by atoms with Crippen molar-refractivity contribution in [1.29, 1.82) is 0 Å². The summed E-state index contributed by atoms with van der Waals surface area (Å²) in [4.78, 5) is 30.0. The molecule has 1 aromatic carbocycles. The normalized spacial score (nSPS) is 11.1. The van der Waals surface area contributed by atoms with E-state index < -0.39 is 0 Å². The maximum atomic E-state index is 11.6. The zero-order valence-electron chi connectivity index (χ0n) is 11.9. The lowest BCUT2D eigenvalue weighted by molar-refractivity contribution is 0.112. The van der Waals surface area contributed by atoms with Crippen LogP contribution in [0.5, 0.6) is 0 Å². The highest BCUT2D eigenvalue weighted by Gasteiger charge is 2.20. The summed E-state index contributed by atoms with van der Waals surface area (Å²) in [5.74, 6) is 0.422. The van der Waals surface area contributed by atoms with Crippen LogP contribution in [-0.2, 0) is 0 Å². The number of imidazole rings is 1. The van der Waals surface area contributed by atoms with Crippen LogP contribution < -0.4 is 11.2 Å². The molecule has 112 valence electrons. The third-order valence-corrected chi connectivity index (χ3v) is 3.74. The van der Waals surface area contributed by atoms with Gasteiger partial charge in [0.1, 0.15) is 22.7 Å². The zero-order chi connectivity index (χ0) is 16.0. The first kappa shape index (κ1) is 13.3. The van der Waals surface area contributed by atoms with Gasteiger partial charge in [-0.2, -0.15) is 0 Å². The number of aldehydes is 1. The highest BCUT2D eigenvalue weighted by Crippen LogP contribution is 2.40. The molecule has 0 bridgehead atoms. The SMILES string of the molecule is Nc1ccc2c(-c3nc[nH]c3C=O)c3ccc(=O)cc-3oc2c1. The first-order valence-corrected chi connectivity index (χ1v) is 6.92. The molecule has 0 fully saturated rings. The van der Waals surface area contributed by atoms with E-state index in [0.717, 1.165) is 10.9 Å². The highest BCUT2D eigenvalue weighted by molar-refractivity contribution is 6.04. The van der Waals surface area contributed by atoms with Crippen molar-refractivity contribution in [2.24, 2.45) is 0 Å². The predicted molar refractivity (Wildman–Crippen MR) is 86.5 cm³/mol. The molecule has 3 N–H and O–H groups in total. The monoisotopic (exact) mass is 305 g/mol. The van der Waals surface area contributed by atoms with Gasteiger partial charge in [0.05, 0.1) is 6.33 Å². The average Bonchev–Trinajstić information content (AvgIpc) is 3.00. The van der Waals surface area contributed by atoms with Crippen LogP contribution in [0.15, 0.2) is 51.9 Å². The third-order valence-electron chi connectivity index (χ3n) is 3.74. The number of hydrogen-bond donors (Lipinski definition) is 2. The summed E-state index contributed by atoms with van der Waals surface area (Å²) in [7, 11) is 0. The molecule has 0 saturated heterocycles. The molecule has 23 heavy (non-hydrogen) atoms. The largest absolute Gasteiger partial charge is 0.456 e. The van der Waals surface area contributed by atoms with Gasteiger partial charge in [0.25, 0.3) is 0 Å². The van der Waals surface area contributed by atoms with E-state index in [0.29, 0.717) is 40.3 Å². The van der Waals surface area contributed by atoms with Crippen LogP contribution in [0.4, 0.5) is 5.69 Å². The Morgan fingerprint density at radius 3 is 2.87 bits per heavy atom. The molecule has 4 rings (SSSR count). The Hall–Kier alpha value is -3.41. The van der Waals surface area contributed by atoms with Crippen LogP contribution in [-0.4, -0.2) is 16.3 Å². The lowest BCUT2D eigenvalue weighted by Crippen LogP contribution is -2.00. The molecule has 0 unspecified atom stereocenters. The van der Waals surface area contributed by atoms with Gasteiger partial charge in [0.15, 0.2) is 11.7 Å². The summed E-state index contributed by atoms with van der Waals surface area (Å²) in [6, 6.07) is 9.80. The van der Waals surface area contributed by atoms with E-state index in [1.165, 1.54) is 18.5 Å². The first-order chi connectivity index (χ1) is 11.2. The number of aromatic nitrogens is 2. The van der Waals surface area contributed by atoms with Crippen molar-refractivity contribution in [3.8, 4) is 22.6 Å². The van der Waals surface area contributed by atoms with Gasteiger partial charge in [-0.15, -0.1) is 0 Å². The number of nitrogens with one attached hydrogen (secondary N) is 1.